The summed E-state index contributed by atoms with van der Waals surface area (Å²) in [5.41, 5.74) is 1.76. The van der Waals surface area contributed by atoms with E-state index in [4.69, 9.17) is 4.74 Å². The van der Waals surface area contributed by atoms with Gasteiger partial charge in [-0.2, -0.15) is 0 Å². The molecule has 1 unspecified atom stereocenters. The van der Waals surface area contributed by atoms with Gasteiger partial charge in [0.2, 0.25) is 0 Å². The van der Waals surface area contributed by atoms with Crippen LogP contribution in [0, 0.1) is 0 Å². The molecule has 6 nitrogen and oxygen atoms in total. The number of carbonyl (C=O) groups is 1. The number of hydrogen-bond donors (Lipinski definition) is 2. The highest BCUT2D eigenvalue weighted by atomic mass is 16.5. The van der Waals surface area contributed by atoms with Crippen molar-refractivity contribution in [3.63, 3.8) is 0 Å². The molecule has 0 saturated carbocycles. The van der Waals surface area contributed by atoms with Gasteiger partial charge in [0.05, 0.1) is 5.69 Å². The minimum atomic E-state index is -0.108. The molecule has 0 aliphatic carbocycles. The fraction of sp³-hybridized carbons (Fsp3) is 0.556. The van der Waals surface area contributed by atoms with E-state index in [1.807, 2.05) is 35.9 Å². The molecule has 2 N–H and O–H groups in total. The average molecular weight is 332 g/mol. The zero-order chi connectivity index (χ0) is 17.4. The van der Waals surface area contributed by atoms with Crippen molar-refractivity contribution in [3.8, 4) is 5.75 Å². The van der Waals surface area contributed by atoms with Crippen molar-refractivity contribution in [2.75, 3.05) is 19.7 Å². The second kappa shape index (κ2) is 9.27. The standard InChI is InChI=1S/C18H28N4O2/c1-4-8-19-14(3)11-15-12-22-10-6-7-16(18(22)21-15)24-13-17(23)20-9-5-2/h6-7,10,12,14,19H,4-5,8-9,11,13H2,1-3H3,(H,20,23). The SMILES string of the molecule is CCCNC(=O)COc1cccn2cc(CC(C)NCCC)nc12. The van der Waals surface area contributed by atoms with Crippen molar-refractivity contribution in [1.29, 1.82) is 0 Å². The van der Waals surface area contributed by atoms with E-state index in [0.29, 0.717) is 18.3 Å². The molecule has 2 heterocycles. The van der Waals surface area contributed by atoms with Gasteiger partial charge in [0.15, 0.2) is 18.0 Å². The highest BCUT2D eigenvalue weighted by Crippen LogP contribution is 2.19. The van der Waals surface area contributed by atoms with Crippen LogP contribution in [-0.2, 0) is 11.2 Å². The Morgan fingerprint density at radius 2 is 2.12 bits per heavy atom. The summed E-state index contributed by atoms with van der Waals surface area (Å²) in [6, 6.07) is 4.12. The fourth-order valence-electron chi connectivity index (χ4n) is 2.48. The zero-order valence-electron chi connectivity index (χ0n) is 14.8. The number of imidazole rings is 1. The van der Waals surface area contributed by atoms with Crippen LogP contribution in [0.5, 0.6) is 5.75 Å². The van der Waals surface area contributed by atoms with E-state index >= 15 is 0 Å². The Kier molecular flexibility index (Phi) is 7.06. The summed E-state index contributed by atoms with van der Waals surface area (Å²) in [4.78, 5) is 16.4. The first-order chi connectivity index (χ1) is 11.6. The molecular formula is C18H28N4O2. The van der Waals surface area contributed by atoms with Gasteiger partial charge in [0.1, 0.15) is 0 Å². The Bertz CT molecular complexity index is 654. The predicted molar refractivity (Wildman–Crippen MR) is 95.4 cm³/mol. The number of fused-ring (bicyclic) bond motifs is 1. The minimum Gasteiger partial charge on any atom is -0.480 e. The second-order valence-electron chi connectivity index (χ2n) is 6.03. The molecule has 0 spiro atoms. The number of rotatable bonds is 10. The second-order valence-corrected chi connectivity index (χ2v) is 6.03. The van der Waals surface area contributed by atoms with Crippen LogP contribution in [-0.4, -0.2) is 41.0 Å². The molecule has 6 heteroatoms. The van der Waals surface area contributed by atoms with Gasteiger partial charge in [0, 0.05) is 31.4 Å². The first-order valence-electron chi connectivity index (χ1n) is 8.73. The van der Waals surface area contributed by atoms with Crippen molar-refractivity contribution < 1.29 is 9.53 Å². The first kappa shape index (κ1) is 18.3. The summed E-state index contributed by atoms with van der Waals surface area (Å²) < 4.78 is 7.60. The topological polar surface area (TPSA) is 67.7 Å². The molecule has 2 aromatic rings. The smallest absolute Gasteiger partial charge is 0.257 e. The number of pyridine rings is 1. The Labute approximate surface area is 143 Å². The number of carbonyl (C=O) groups excluding carboxylic acids is 1. The van der Waals surface area contributed by atoms with Gasteiger partial charge in [-0.25, -0.2) is 4.98 Å². The molecule has 0 aliphatic heterocycles. The predicted octanol–water partition coefficient (Wildman–Crippen LogP) is 2.17. The van der Waals surface area contributed by atoms with Crippen LogP contribution in [0.2, 0.25) is 0 Å². The van der Waals surface area contributed by atoms with Crippen molar-refractivity contribution in [2.24, 2.45) is 0 Å². The molecule has 2 rings (SSSR count). The van der Waals surface area contributed by atoms with Gasteiger partial charge >= 0.3 is 0 Å². The summed E-state index contributed by atoms with van der Waals surface area (Å²) in [5, 5.41) is 6.27. The van der Waals surface area contributed by atoms with E-state index in [0.717, 1.165) is 37.1 Å². The molecule has 1 amide bonds. The van der Waals surface area contributed by atoms with E-state index in [9.17, 15) is 4.79 Å². The van der Waals surface area contributed by atoms with Crippen LogP contribution in [0.4, 0.5) is 0 Å². The summed E-state index contributed by atoms with van der Waals surface area (Å²) in [6.45, 7) is 8.03. The minimum absolute atomic E-state index is 0.0102. The fourth-order valence-corrected chi connectivity index (χ4v) is 2.48. The maximum atomic E-state index is 11.7. The lowest BCUT2D eigenvalue weighted by atomic mass is 10.2. The van der Waals surface area contributed by atoms with Crippen LogP contribution in [0.25, 0.3) is 5.65 Å². The van der Waals surface area contributed by atoms with E-state index in [1.165, 1.54) is 0 Å². The maximum absolute atomic E-state index is 11.7. The highest BCUT2D eigenvalue weighted by molar-refractivity contribution is 5.77. The van der Waals surface area contributed by atoms with E-state index in [-0.39, 0.29) is 12.5 Å². The number of nitrogens with zero attached hydrogens (tertiary/aromatic N) is 2. The largest absolute Gasteiger partial charge is 0.480 e. The lowest BCUT2D eigenvalue weighted by Gasteiger charge is -2.10. The molecule has 0 radical (unpaired) electrons. The van der Waals surface area contributed by atoms with Gasteiger partial charge < -0.3 is 19.8 Å². The molecule has 0 aromatic carbocycles. The van der Waals surface area contributed by atoms with Crippen LogP contribution in [0.1, 0.15) is 39.3 Å². The number of hydrogen-bond acceptors (Lipinski definition) is 4. The molecule has 0 saturated heterocycles. The molecule has 24 heavy (non-hydrogen) atoms. The van der Waals surface area contributed by atoms with E-state index in [1.54, 1.807) is 0 Å². The number of aromatic nitrogens is 2. The molecule has 0 fully saturated rings. The van der Waals surface area contributed by atoms with E-state index in [2.05, 4.69) is 29.5 Å². The Balaban J connectivity index is 2.02. The van der Waals surface area contributed by atoms with Gasteiger partial charge in [0.25, 0.3) is 5.91 Å². The summed E-state index contributed by atoms with van der Waals surface area (Å²) in [6.07, 6.45) is 6.85. The third kappa shape index (κ3) is 5.23. The lowest BCUT2D eigenvalue weighted by Crippen LogP contribution is -2.29. The van der Waals surface area contributed by atoms with Crippen molar-refractivity contribution in [3.05, 3.63) is 30.2 Å². The average Bonchev–Trinajstić information content (AvgIpc) is 2.98. The van der Waals surface area contributed by atoms with E-state index < -0.39 is 0 Å². The quantitative estimate of drug-likeness (QED) is 0.700. The van der Waals surface area contributed by atoms with Crippen molar-refractivity contribution in [2.45, 2.75) is 46.1 Å². The van der Waals surface area contributed by atoms with Crippen LogP contribution in [0.15, 0.2) is 24.5 Å². The number of ether oxygens (including phenoxy) is 1. The van der Waals surface area contributed by atoms with Crippen LogP contribution in [0.3, 0.4) is 0 Å². The van der Waals surface area contributed by atoms with Crippen molar-refractivity contribution >= 4 is 11.6 Å². The summed E-state index contributed by atoms with van der Waals surface area (Å²) >= 11 is 0. The third-order valence-electron chi connectivity index (χ3n) is 3.69. The molecule has 132 valence electrons. The number of nitrogens with one attached hydrogen (secondary N) is 2. The highest BCUT2D eigenvalue weighted by Gasteiger charge is 2.11. The third-order valence-corrected chi connectivity index (χ3v) is 3.69. The normalized spacial score (nSPS) is 12.3. The van der Waals surface area contributed by atoms with Crippen LogP contribution < -0.4 is 15.4 Å². The molecule has 2 aromatic heterocycles. The van der Waals surface area contributed by atoms with Crippen LogP contribution >= 0.6 is 0 Å². The molecule has 0 bridgehead atoms. The molecular weight excluding hydrogens is 304 g/mol. The summed E-state index contributed by atoms with van der Waals surface area (Å²) in [5.74, 6) is 0.521. The molecule has 0 aliphatic rings. The lowest BCUT2D eigenvalue weighted by molar-refractivity contribution is -0.123. The van der Waals surface area contributed by atoms with Gasteiger partial charge in [-0.1, -0.05) is 13.8 Å². The van der Waals surface area contributed by atoms with Gasteiger partial charge in [-0.3, -0.25) is 4.79 Å². The maximum Gasteiger partial charge on any atom is 0.257 e. The number of amides is 1. The Morgan fingerprint density at radius 1 is 1.33 bits per heavy atom. The summed E-state index contributed by atoms with van der Waals surface area (Å²) in [7, 11) is 0. The zero-order valence-corrected chi connectivity index (χ0v) is 14.8. The van der Waals surface area contributed by atoms with Crippen molar-refractivity contribution in [1.82, 2.24) is 20.0 Å². The Hall–Kier alpha value is -2.08. The Morgan fingerprint density at radius 3 is 2.88 bits per heavy atom. The van der Waals surface area contributed by atoms with Gasteiger partial charge in [-0.05, 0) is 38.4 Å². The molecule has 1 atom stereocenters. The monoisotopic (exact) mass is 332 g/mol. The first-order valence-corrected chi connectivity index (χ1v) is 8.73. The van der Waals surface area contributed by atoms with Gasteiger partial charge in [-0.15, -0.1) is 0 Å².